The summed E-state index contributed by atoms with van der Waals surface area (Å²) in [6, 6.07) is 14.7. The second kappa shape index (κ2) is 9.36. The number of hydrogen-bond acceptors (Lipinski definition) is 3. The fourth-order valence-electron chi connectivity index (χ4n) is 2.47. The Labute approximate surface area is 169 Å². The van der Waals surface area contributed by atoms with Gasteiger partial charge >= 0.3 is 0 Å². The maximum Gasteiger partial charge on any atom is 0.245 e. The summed E-state index contributed by atoms with van der Waals surface area (Å²) in [6.07, 6.45) is 4.38. The predicted octanol–water partition coefficient (Wildman–Crippen LogP) is 4.04. The third kappa shape index (κ3) is 6.28. The van der Waals surface area contributed by atoms with Gasteiger partial charge in [0, 0.05) is 9.26 Å². The molecule has 0 bridgehead atoms. The van der Waals surface area contributed by atoms with Gasteiger partial charge in [-0.05, 0) is 77.4 Å². The normalized spacial score (nSPS) is 11.2. The molecular formula is C19H23IN2O3S. The molecule has 0 aromatic heterocycles. The molecule has 0 atom stereocenters. The van der Waals surface area contributed by atoms with Crippen LogP contribution in [0.4, 0.5) is 11.4 Å². The molecule has 0 fully saturated rings. The van der Waals surface area contributed by atoms with Gasteiger partial charge in [-0.2, -0.15) is 0 Å². The number of rotatable bonds is 8. The Kier molecular flexibility index (Phi) is 7.45. The maximum absolute atomic E-state index is 12.3. The zero-order chi connectivity index (χ0) is 19.2. The number of carbonyl (C=O) groups excluding carboxylic acids is 1. The largest absolute Gasteiger partial charge is 0.325 e. The van der Waals surface area contributed by atoms with Gasteiger partial charge in [-0.1, -0.05) is 25.5 Å². The molecule has 0 radical (unpaired) electrons. The highest BCUT2D eigenvalue weighted by Crippen LogP contribution is 2.19. The summed E-state index contributed by atoms with van der Waals surface area (Å²) in [5.74, 6) is -0.379. The lowest BCUT2D eigenvalue weighted by molar-refractivity contribution is -0.114. The number of unbranched alkanes of at least 4 members (excludes halogenated alkanes) is 1. The van der Waals surface area contributed by atoms with E-state index in [2.05, 4.69) is 34.8 Å². The monoisotopic (exact) mass is 486 g/mol. The summed E-state index contributed by atoms with van der Waals surface area (Å²) in [7, 11) is -3.57. The molecule has 1 N–H and O–H groups in total. The van der Waals surface area contributed by atoms with Crippen molar-refractivity contribution >= 4 is 49.9 Å². The van der Waals surface area contributed by atoms with Gasteiger partial charge < -0.3 is 5.32 Å². The van der Waals surface area contributed by atoms with E-state index in [1.54, 1.807) is 24.3 Å². The van der Waals surface area contributed by atoms with Gasteiger partial charge in [0.2, 0.25) is 15.9 Å². The minimum absolute atomic E-state index is 0.267. The van der Waals surface area contributed by atoms with Gasteiger partial charge in [-0.15, -0.1) is 0 Å². The number of amides is 1. The summed E-state index contributed by atoms with van der Waals surface area (Å²) in [5, 5.41) is 2.76. The molecule has 1 amide bonds. The van der Waals surface area contributed by atoms with Crippen molar-refractivity contribution in [3.05, 3.63) is 57.7 Å². The Morgan fingerprint density at radius 2 is 1.69 bits per heavy atom. The van der Waals surface area contributed by atoms with Crippen molar-refractivity contribution in [1.29, 1.82) is 0 Å². The van der Waals surface area contributed by atoms with Gasteiger partial charge in [0.25, 0.3) is 0 Å². The molecule has 5 nitrogen and oxygen atoms in total. The fourth-order valence-corrected chi connectivity index (χ4v) is 3.69. The van der Waals surface area contributed by atoms with E-state index < -0.39 is 10.0 Å². The fraction of sp³-hybridized carbons (Fsp3) is 0.316. The van der Waals surface area contributed by atoms with Crippen LogP contribution in [0.15, 0.2) is 48.5 Å². The Balaban J connectivity index is 2.06. The van der Waals surface area contributed by atoms with Crippen LogP contribution in [0.2, 0.25) is 0 Å². The summed E-state index contributed by atoms with van der Waals surface area (Å²) >= 11 is 2.14. The standard InChI is InChI=1S/C19H23IN2O3S/c1-3-4-5-15-6-10-17(11-7-15)21-19(23)14-22(26(2,24)25)18-12-8-16(20)9-13-18/h6-13H,3-5,14H2,1-2H3,(H,21,23). The lowest BCUT2D eigenvalue weighted by Gasteiger charge is -2.22. The molecule has 0 aliphatic carbocycles. The van der Waals surface area contributed by atoms with Crippen LogP contribution in [0.25, 0.3) is 0 Å². The molecule has 0 saturated heterocycles. The molecule has 140 valence electrons. The van der Waals surface area contributed by atoms with Crippen LogP contribution in [0.5, 0.6) is 0 Å². The number of carbonyl (C=O) groups is 1. The van der Waals surface area contributed by atoms with Gasteiger partial charge in [0.05, 0.1) is 11.9 Å². The van der Waals surface area contributed by atoms with E-state index in [0.717, 1.165) is 33.4 Å². The Morgan fingerprint density at radius 3 is 2.23 bits per heavy atom. The number of nitrogens with zero attached hydrogens (tertiary/aromatic N) is 1. The average molecular weight is 486 g/mol. The Hall–Kier alpha value is -1.61. The zero-order valence-corrected chi connectivity index (χ0v) is 17.9. The number of nitrogens with one attached hydrogen (secondary N) is 1. The second-order valence-corrected chi connectivity index (χ2v) is 9.25. The Morgan fingerprint density at radius 1 is 1.08 bits per heavy atom. The molecule has 2 aromatic rings. The summed E-state index contributed by atoms with van der Waals surface area (Å²) in [4.78, 5) is 12.3. The Bertz CT molecular complexity index is 834. The number of aryl methyl sites for hydroxylation is 1. The highest BCUT2D eigenvalue weighted by molar-refractivity contribution is 14.1. The quantitative estimate of drug-likeness (QED) is 0.573. The molecule has 0 spiro atoms. The van der Waals surface area contributed by atoms with E-state index in [9.17, 15) is 13.2 Å². The summed E-state index contributed by atoms with van der Waals surface area (Å²) in [5.41, 5.74) is 2.35. The van der Waals surface area contributed by atoms with E-state index in [4.69, 9.17) is 0 Å². The van der Waals surface area contributed by atoms with Crippen LogP contribution in [-0.2, 0) is 21.2 Å². The van der Waals surface area contributed by atoms with Gasteiger partial charge in [-0.3, -0.25) is 9.10 Å². The predicted molar refractivity (Wildman–Crippen MR) is 115 cm³/mol. The number of benzene rings is 2. The number of halogens is 1. The van der Waals surface area contributed by atoms with Gasteiger partial charge in [0.15, 0.2) is 0 Å². The van der Waals surface area contributed by atoms with E-state index in [1.807, 2.05) is 24.3 Å². The lowest BCUT2D eigenvalue weighted by atomic mass is 10.1. The first kappa shape index (κ1) is 20.7. The molecule has 0 aliphatic heterocycles. The SMILES string of the molecule is CCCCc1ccc(NC(=O)CN(c2ccc(I)cc2)S(C)(=O)=O)cc1. The highest BCUT2D eigenvalue weighted by atomic mass is 127. The minimum Gasteiger partial charge on any atom is -0.325 e. The summed E-state index contributed by atoms with van der Waals surface area (Å²) in [6.45, 7) is 1.88. The average Bonchev–Trinajstić information content (AvgIpc) is 2.59. The lowest BCUT2D eigenvalue weighted by Crippen LogP contribution is -2.37. The first-order valence-corrected chi connectivity index (χ1v) is 11.3. The molecule has 0 saturated carbocycles. The van der Waals surface area contributed by atoms with E-state index in [0.29, 0.717) is 11.4 Å². The van der Waals surface area contributed by atoms with Gasteiger partial charge in [-0.25, -0.2) is 8.42 Å². The molecule has 2 aromatic carbocycles. The molecule has 7 heteroatoms. The number of sulfonamides is 1. The summed E-state index contributed by atoms with van der Waals surface area (Å²) < 4.78 is 26.3. The first-order valence-electron chi connectivity index (χ1n) is 8.41. The molecule has 0 heterocycles. The van der Waals surface area contributed by atoms with Crippen LogP contribution in [-0.4, -0.2) is 27.1 Å². The van der Waals surface area contributed by atoms with E-state index >= 15 is 0 Å². The van der Waals surface area contributed by atoms with Crippen molar-refractivity contribution in [2.24, 2.45) is 0 Å². The zero-order valence-electron chi connectivity index (χ0n) is 14.9. The number of anilines is 2. The second-order valence-electron chi connectivity index (χ2n) is 6.09. The van der Waals surface area contributed by atoms with Crippen molar-refractivity contribution in [3.63, 3.8) is 0 Å². The van der Waals surface area contributed by atoms with Crippen LogP contribution < -0.4 is 9.62 Å². The highest BCUT2D eigenvalue weighted by Gasteiger charge is 2.20. The van der Waals surface area contributed by atoms with Crippen molar-refractivity contribution in [2.45, 2.75) is 26.2 Å². The molecule has 0 unspecified atom stereocenters. The van der Waals surface area contributed by atoms with E-state index in [1.165, 1.54) is 5.56 Å². The van der Waals surface area contributed by atoms with Gasteiger partial charge in [0.1, 0.15) is 6.54 Å². The van der Waals surface area contributed by atoms with Crippen LogP contribution >= 0.6 is 22.6 Å². The third-order valence-corrected chi connectivity index (χ3v) is 5.72. The third-order valence-electron chi connectivity index (χ3n) is 3.86. The maximum atomic E-state index is 12.3. The van der Waals surface area contributed by atoms with E-state index in [-0.39, 0.29) is 12.5 Å². The molecule has 0 aliphatic rings. The first-order chi connectivity index (χ1) is 12.3. The number of hydrogen-bond donors (Lipinski definition) is 1. The topological polar surface area (TPSA) is 66.5 Å². The minimum atomic E-state index is -3.57. The van der Waals surface area contributed by atoms with Crippen molar-refractivity contribution < 1.29 is 13.2 Å². The molecule has 2 rings (SSSR count). The van der Waals surface area contributed by atoms with Crippen molar-refractivity contribution in [3.8, 4) is 0 Å². The van der Waals surface area contributed by atoms with Crippen molar-refractivity contribution in [1.82, 2.24) is 0 Å². The smallest absolute Gasteiger partial charge is 0.245 e. The molecular weight excluding hydrogens is 463 g/mol. The van der Waals surface area contributed by atoms with Crippen LogP contribution in [0.1, 0.15) is 25.3 Å². The van der Waals surface area contributed by atoms with Crippen LogP contribution in [0.3, 0.4) is 0 Å². The van der Waals surface area contributed by atoms with Crippen LogP contribution in [0, 0.1) is 3.57 Å². The molecule has 26 heavy (non-hydrogen) atoms. The van der Waals surface area contributed by atoms with Crippen molar-refractivity contribution in [2.75, 3.05) is 22.4 Å².